The minimum Gasteiger partial charge on any atom is -0.481 e. The monoisotopic (exact) mass is 416 g/mol. The predicted molar refractivity (Wildman–Crippen MR) is 105 cm³/mol. The molecule has 0 radical (unpaired) electrons. The Hall–Kier alpha value is -3.13. The summed E-state index contributed by atoms with van der Waals surface area (Å²) >= 11 is 5.65. The first kappa shape index (κ1) is 19.2. The van der Waals surface area contributed by atoms with Crippen LogP contribution in [0.5, 0.6) is 0 Å². The van der Waals surface area contributed by atoms with Crippen LogP contribution in [0.4, 0.5) is 14.6 Å². The Kier molecular flexibility index (Phi) is 5.10. The van der Waals surface area contributed by atoms with Crippen molar-refractivity contribution in [1.82, 2.24) is 15.0 Å². The Balaban J connectivity index is 1.80. The highest BCUT2D eigenvalue weighted by Gasteiger charge is 2.21. The van der Waals surface area contributed by atoms with Gasteiger partial charge in [0.2, 0.25) is 0 Å². The molecule has 0 atom stereocenters. The first-order valence-corrected chi connectivity index (χ1v) is 9.21. The fourth-order valence-electron chi connectivity index (χ4n) is 3.27. The van der Waals surface area contributed by atoms with E-state index in [9.17, 15) is 13.6 Å². The molecule has 0 spiro atoms. The molecule has 0 amide bonds. The van der Waals surface area contributed by atoms with Crippen molar-refractivity contribution in [3.63, 3.8) is 0 Å². The van der Waals surface area contributed by atoms with Crippen molar-refractivity contribution < 1.29 is 18.7 Å². The number of hydrogen-bond donors (Lipinski definition) is 1. The van der Waals surface area contributed by atoms with E-state index < -0.39 is 17.6 Å². The van der Waals surface area contributed by atoms with E-state index in [2.05, 4.69) is 15.0 Å². The van der Waals surface area contributed by atoms with E-state index in [1.165, 1.54) is 0 Å². The van der Waals surface area contributed by atoms with Gasteiger partial charge in [0.15, 0.2) is 5.82 Å². The van der Waals surface area contributed by atoms with E-state index in [-0.39, 0.29) is 22.8 Å². The van der Waals surface area contributed by atoms with E-state index in [0.29, 0.717) is 36.2 Å². The van der Waals surface area contributed by atoms with Crippen LogP contribution in [0.3, 0.4) is 0 Å². The molecular formula is C20H15ClF2N4O2. The Morgan fingerprint density at radius 2 is 2.07 bits per heavy atom. The third-order valence-electron chi connectivity index (χ3n) is 4.71. The summed E-state index contributed by atoms with van der Waals surface area (Å²) in [6.07, 6.45) is 5.59. The lowest BCUT2D eigenvalue weighted by atomic mass is 10.0. The van der Waals surface area contributed by atoms with E-state index in [4.69, 9.17) is 16.7 Å². The molecule has 0 saturated carbocycles. The standard InChI is InChI=1S/C20H15ClF2N4O2/c21-14-9-15(22)12(8-16(14)23)19-25-17-1-4-24-10-13(17)20(26-19)27-5-2-11(3-6-27)7-18(28)29/h1-2,4,8-10H,3,5-7H2,(H,28,29). The molecule has 1 aliphatic rings. The Morgan fingerprint density at radius 3 is 2.79 bits per heavy atom. The minimum absolute atomic E-state index is 0.000426. The predicted octanol–water partition coefficient (Wildman–Crippen LogP) is 4.23. The Bertz CT molecular complexity index is 1150. The van der Waals surface area contributed by atoms with Crippen LogP contribution in [-0.4, -0.2) is 39.1 Å². The number of aliphatic carboxylic acids is 1. The number of carboxylic acid groups (broad SMARTS) is 1. The molecule has 9 heteroatoms. The molecule has 0 unspecified atom stereocenters. The van der Waals surface area contributed by atoms with Gasteiger partial charge in [0, 0.05) is 25.5 Å². The maximum absolute atomic E-state index is 14.4. The first-order chi connectivity index (χ1) is 13.9. The van der Waals surface area contributed by atoms with Gasteiger partial charge in [0.25, 0.3) is 0 Å². The number of rotatable bonds is 4. The number of benzene rings is 1. The second-order valence-corrected chi connectivity index (χ2v) is 7.05. The molecule has 6 nitrogen and oxygen atoms in total. The van der Waals surface area contributed by atoms with Gasteiger partial charge in [0.05, 0.1) is 27.9 Å². The van der Waals surface area contributed by atoms with Gasteiger partial charge in [-0.3, -0.25) is 9.78 Å². The maximum Gasteiger partial charge on any atom is 0.307 e. The topological polar surface area (TPSA) is 79.2 Å². The number of carbonyl (C=O) groups is 1. The van der Waals surface area contributed by atoms with Gasteiger partial charge in [-0.1, -0.05) is 23.3 Å². The lowest BCUT2D eigenvalue weighted by Crippen LogP contribution is -2.30. The van der Waals surface area contributed by atoms with Gasteiger partial charge in [-0.25, -0.2) is 18.7 Å². The number of aromatic nitrogens is 3. The summed E-state index contributed by atoms with van der Waals surface area (Å²) in [5, 5.41) is 9.31. The molecular weight excluding hydrogens is 402 g/mol. The van der Waals surface area contributed by atoms with Crippen molar-refractivity contribution in [2.24, 2.45) is 0 Å². The second-order valence-electron chi connectivity index (χ2n) is 6.64. The number of carboxylic acids is 1. The van der Waals surface area contributed by atoms with Gasteiger partial charge >= 0.3 is 5.97 Å². The molecule has 1 aromatic carbocycles. The van der Waals surface area contributed by atoms with Crippen molar-refractivity contribution in [3.05, 3.63) is 58.9 Å². The fraction of sp³-hybridized carbons (Fsp3) is 0.200. The normalized spacial score (nSPS) is 14.2. The van der Waals surface area contributed by atoms with Gasteiger partial charge in [-0.2, -0.15) is 0 Å². The van der Waals surface area contributed by atoms with Crippen molar-refractivity contribution in [3.8, 4) is 11.4 Å². The van der Waals surface area contributed by atoms with Crippen LogP contribution in [0.15, 0.2) is 42.2 Å². The molecule has 2 aromatic heterocycles. The summed E-state index contributed by atoms with van der Waals surface area (Å²) in [5.41, 5.74) is 1.29. The number of halogens is 3. The van der Waals surface area contributed by atoms with Crippen LogP contribution in [0.25, 0.3) is 22.3 Å². The summed E-state index contributed by atoms with van der Waals surface area (Å²) < 4.78 is 28.4. The molecule has 0 fully saturated rings. The lowest BCUT2D eigenvalue weighted by Gasteiger charge is -2.28. The smallest absolute Gasteiger partial charge is 0.307 e. The number of pyridine rings is 1. The molecule has 1 N–H and O–H groups in total. The Labute approximate surface area is 169 Å². The zero-order chi connectivity index (χ0) is 20.5. The molecule has 148 valence electrons. The summed E-state index contributed by atoms with van der Waals surface area (Å²) in [5.74, 6) is -1.80. The average molecular weight is 417 g/mol. The molecule has 3 aromatic rings. The van der Waals surface area contributed by atoms with Crippen molar-refractivity contribution >= 4 is 34.3 Å². The second kappa shape index (κ2) is 7.71. The summed E-state index contributed by atoms with van der Waals surface area (Å²) in [4.78, 5) is 25.8. The molecule has 3 heterocycles. The first-order valence-electron chi connectivity index (χ1n) is 8.83. The highest BCUT2D eigenvalue weighted by Crippen LogP contribution is 2.31. The van der Waals surface area contributed by atoms with Gasteiger partial charge < -0.3 is 10.0 Å². The highest BCUT2D eigenvalue weighted by molar-refractivity contribution is 6.30. The SMILES string of the molecule is O=C(O)CC1=CCN(c2nc(-c3cc(F)c(Cl)cc3F)nc3ccncc23)CC1. The maximum atomic E-state index is 14.4. The summed E-state index contributed by atoms with van der Waals surface area (Å²) in [6, 6.07) is 3.54. The van der Waals surface area contributed by atoms with Crippen LogP contribution in [-0.2, 0) is 4.79 Å². The van der Waals surface area contributed by atoms with E-state index in [0.717, 1.165) is 17.7 Å². The van der Waals surface area contributed by atoms with Crippen LogP contribution in [0.2, 0.25) is 5.02 Å². The molecule has 29 heavy (non-hydrogen) atoms. The van der Waals surface area contributed by atoms with Gasteiger partial charge in [0.1, 0.15) is 17.5 Å². The van der Waals surface area contributed by atoms with Crippen LogP contribution in [0, 0.1) is 11.6 Å². The average Bonchev–Trinajstić information content (AvgIpc) is 2.70. The van der Waals surface area contributed by atoms with Gasteiger partial charge in [-0.15, -0.1) is 0 Å². The lowest BCUT2D eigenvalue weighted by molar-refractivity contribution is -0.136. The fourth-order valence-corrected chi connectivity index (χ4v) is 3.42. The molecule has 1 aliphatic heterocycles. The van der Waals surface area contributed by atoms with Crippen LogP contribution >= 0.6 is 11.6 Å². The van der Waals surface area contributed by atoms with Crippen LogP contribution < -0.4 is 4.90 Å². The van der Waals surface area contributed by atoms with E-state index in [1.807, 2.05) is 11.0 Å². The van der Waals surface area contributed by atoms with Crippen molar-refractivity contribution in [1.29, 1.82) is 0 Å². The Morgan fingerprint density at radius 1 is 1.24 bits per heavy atom. The zero-order valence-electron chi connectivity index (χ0n) is 15.1. The molecule has 0 aliphatic carbocycles. The van der Waals surface area contributed by atoms with Crippen LogP contribution in [0.1, 0.15) is 12.8 Å². The summed E-state index contributed by atoms with van der Waals surface area (Å²) in [7, 11) is 0. The number of nitrogens with zero attached hydrogens (tertiary/aromatic N) is 4. The quantitative estimate of drug-likeness (QED) is 0.506. The third kappa shape index (κ3) is 3.88. The molecule has 0 saturated heterocycles. The number of fused-ring (bicyclic) bond motifs is 1. The zero-order valence-corrected chi connectivity index (χ0v) is 15.8. The minimum atomic E-state index is -0.871. The molecule has 0 bridgehead atoms. The highest BCUT2D eigenvalue weighted by atomic mass is 35.5. The van der Waals surface area contributed by atoms with Gasteiger partial charge in [-0.05, 0) is 24.6 Å². The van der Waals surface area contributed by atoms with E-state index in [1.54, 1.807) is 18.5 Å². The van der Waals surface area contributed by atoms with Crippen molar-refractivity contribution in [2.75, 3.05) is 18.0 Å². The number of anilines is 1. The largest absolute Gasteiger partial charge is 0.481 e. The number of hydrogen-bond acceptors (Lipinski definition) is 5. The molecule has 4 rings (SSSR count). The summed E-state index contributed by atoms with van der Waals surface area (Å²) in [6.45, 7) is 0.984. The van der Waals surface area contributed by atoms with Crippen molar-refractivity contribution in [2.45, 2.75) is 12.8 Å². The van der Waals surface area contributed by atoms with E-state index >= 15 is 0 Å². The third-order valence-corrected chi connectivity index (χ3v) is 5.00.